The first-order valence-electron chi connectivity index (χ1n) is 8.57. The van der Waals surface area contributed by atoms with E-state index in [-0.39, 0.29) is 0 Å². The fourth-order valence-corrected chi connectivity index (χ4v) is 3.84. The maximum atomic E-state index is 4.66. The molecular weight excluding hydrogens is 294 g/mol. The van der Waals surface area contributed by atoms with Crippen LogP contribution in [0.25, 0.3) is 11.0 Å². The summed E-state index contributed by atoms with van der Waals surface area (Å²) in [5.41, 5.74) is 9.11. The second kappa shape index (κ2) is 5.82. The molecule has 2 aromatic heterocycles. The zero-order valence-electron chi connectivity index (χ0n) is 14.4. The molecule has 24 heavy (non-hydrogen) atoms. The van der Waals surface area contributed by atoms with Gasteiger partial charge in [0, 0.05) is 31.5 Å². The van der Waals surface area contributed by atoms with Gasteiger partial charge in [0.15, 0.2) is 0 Å². The van der Waals surface area contributed by atoms with Crippen molar-refractivity contribution in [1.29, 1.82) is 0 Å². The van der Waals surface area contributed by atoms with Crippen LogP contribution in [0.15, 0.2) is 49.2 Å². The van der Waals surface area contributed by atoms with E-state index in [1.165, 1.54) is 33.6 Å². The van der Waals surface area contributed by atoms with Crippen LogP contribution in [0.2, 0.25) is 0 Å². The van der Waals surface area contributed by atoms with Gasteiger partial charge in [0.05, 0.1) is 16.7 Å². The number of anilines is 1. The first-order valence-corrected chi connectivity index (χ1v) is 8.57. The van der Waals surface area contributed by atoms with E-state index in [2.05, 4.69) is 65.2 Å². The van der Waals surface area contributed by atoms with Crippen molar-refractivity contribution in [3.05, 3.63) is 71.6 Å². The highest BCUT2D eigenvalue weighted by molar-refractivity contribution is 5.92. The number of aryl methyl sites for hydroxylation is 1. The van der Waals surface area contributed by atoms with Crippen LogP contribution < -0.4 is 4.90 Å². The lowest BCUT2D eigenvalue weighted by atomic mass is 9.99. The van der Waals surface area contributed by atoms with Crippen molar-refractivity contribution < 1.29 is 0 Å². The van der Waals surface area contributed by atoms with Crippen LogP contribution in [-0.2, 0) is 19.5 Å². The van der Waals surface area contributed by atoms with Crippen LogP contribution in [0.4, 0.5) is 5.69 Å². The van der Waals surface area contributed by atoms with E-state index in [0.717, 1.165) is 31.6 Å². The Kier molecular flexibility index (Phi) is 3.64. The monoisotopic (exact) mass is 317 g/mol. The zero-order valence-corrected chi connectivity index (χ0v) is 14.4. The number of nitrogens with zero attached hydrogens (tertiary/aromatic N) is 3. The van der Waals surface area contributed by atoms with E-state index in [0.29, 0.717) is 0 Å². The van der Waals surface area contributed by atoms with Gasteiger partial charge in [-0.2, -0.15) is 0 Å². The lowest BCUT2D eigenvalue weighted by Gasteiger charge is -2.31. The molecular formula is C21H23N3. The van der Waals surface area contributed by atoms with Crippen molar-refractivity contribution in [1.82, 2.24) is 9.55 Å². The van der Waals surface area contributed by atoms with E-state index in [4.69, 9.17) is 0 Å². The third-order valence-corrected chi connectivity index (χ3v) is 5.26. The Balaban J connectivity index is 1.86. The van der Waals surface area contributed by atoms with Gasteiger partial charge in [-0.25, -0.2) is 0 Å². The molecule has 0 bridgehead atoms. The Morgan fingerprint density at radius 2 is 1.96 bits per heavy atom. The molecule has 3 heteroatoms. The summed E-state index contributed by atoms with van der Waals surface area (Å²) in [6, 6.07) is 10.9. The maximum Gasteiger partial charge on any atom is 0.0934 e. The third kappa shape index (κ3) is 2.23. The normalized spacial score (nSPS) is 14.0. The SMILES string of the molecule is C=CCn1c(C)c(C)c2nccc(N3CCc4ccccc4C3)c21. The summed E-state index contributed by atoms with van der Waals surface area (Å²) in [4.78, 5) is 7.15. The summed E-state index contributed by atoms with van der Waals surface area (Å²) in [5, 5.41) is 0. The molecule has 122 valence electrons. The molecule has 0 atom stereocenters. The number of rotatable bonds is 3. The molecule has 0 saturated heterocycles. The van der Waals surface area contributed by atoms with Gasteiger partial charge in [0.25, 0.3) is 0 Å². The summed E-state index contributed by atoms with van der Waals surface area (Å²) >= 11 is 0. The van der Waals surface area contributed by atoms with Gasteiger partial charge in [0.1, 0.15) is 0 Å². The maximum absolute atomic E-state index is 4.66. The minimum absolute atomic E-state index is 0.819. The number of aromatic nitrogens is 2. The van der Waals surface area contributed by atoms with Gasteiger partial charge >= 0.3 is 0 Å². The van der Waals surface area contributed by atoms with E-state index in [1.807, 2.05) is 12.3 Å². The van der Waals surface area contributed by atoms with E-state index < -0.39 is 0 Å². The quantitative estimate of drug-likeness (QED) is 0.668. The molecule has 0 spiro atoms. The van der Waals surface area contributed by atoms with Gasteiger partial charge in [-0.3, -0.25) is 4.98 Å². The molecule has 0 saturated carbocycles. The minimum atomic E-state index is 0.819. The van der Waals surface area contributed by atoms with Crippen molar-refractivity contribution >= 4 is 16.7 Å². The predicted octanol–water partition coefficient (Wildman–Crippen LogP) is 4.40. The Hall–Kier alpha value is -2.55. The zero-order chi connectivity index (χ0) is 16.7. The third-order valence-electron chi connectivity index (χ3n) is 5.26. The van der Waals surface area contributed by atoms with Crippen LogP contribution in [0, 0.1) is 13.8 Å². The highest BCUT2D eigenvalue weighted by Gasteiger charge is 2.21. The molecule has 0 fully saturated rings. The highest BCUT2D eigenvalue weighted by atomic mass is 15.2. The highest BCUT2D eigenvalue weighted by Crippen LogP contribution is 2.34. The largest absolute Gasteiger partial charge is 0.365 e. The second-order valence-corrected chi connectivity index (χ2v) is 6.58. The topological polar surface area (TPSA) is 21.1 Å². The standard InChI is InChI=1S/C21H23N3/c1-4-12-24-16(3)15(2)20-21(24)19(9-11-22-20)23-13-10-17-7-5-6-8-18(17)14-23/h4-9,11H,1,10,12-14H2,2-3H3. The minimum Gasteiger partial charge on any atom is -0.365 e. The molecule has 0 unspecified atom stereocenters. The Morgan fingerprint density at radius 3 is 2.75 bits per heavy atom. The Labute approximate surface area is 143 Å². The average molecular weight is 317 g/mol. The van der Waals surface area contributed by atoms with Crippen LogP contribution in [0.5, 0.6) is 0 Å². The number of hydrogen-bond acceptors (Lipinski definition) is 2. The van der Waals surface area contributed by atoms with Gasteiger partial charge in [-0.05, 0) is 43.0 Å². The molecule has 1 aliphatic rings. The molecule has 0 amide bonds. The van der Waals surface area contributed by atoms with Crippen LogP contribution in [0.3, 0.4) is 0 Å². The van der Waals surface area contributed by atoms with Crippen molar-refractivity contribution in [3.63, 3.8) is 0 Å². The van der Waals surface area contributed by atoms with Crippen LogP contribution >= 0.6 is 0 Å². The summed E-state index contributed by atoms with van der Waals surface area (Å²) in [5.74, 6) is 0. The lowest BCUT2D eigenvalue weighted by molar-refractivity contribution is 0.729. The van der Waals surface area contributed by atoms with Crippen molar-refractivity contribution in [3.8, 4) is 0 Å². The molecule has 3 heterocycles. The number of fused-ring (bicyclic) bond motifs is 2. The molecule has 3 aromatic rings. The number of pyridine rings is 1. The van der Waals surface area contributed by atoms with Gasteiger partial charge in [-0.1, -0.05) is 30.3 Å². The first kappa shape index (κ1) is 15.0. The molecule has 1 aromatic carbocycles. The van der Waals surface area contributed by atoms with E-state index in [9.17, 15) is 0 Å². The van der Waals surface area contributed by atoms with Crippen molar-refractivity contribution in [2.45, 2.75) is 33.4 Å². The molecule has 1 aliphatic heterocycles. The number of hydrogen-bond donors (Lipinski definition) is 0. The van der Waals surface area contributed by atoms with Crippen LogP contribution in [0.1, 0.15) is 22.4 Å². The molecule has 0 N–H and O–H groups in total. The lowest BCUT2D eigenvalue weighted by Crippen LogP contribution is -2.30. The average Bonchev–Trinajstić information content (AvgIpc) is 2.87. The van der Waals surface area contributed by atoms with E-state index in [1.54, 1.807) is 0 Å². The fourth-order valence-electron chi connectivity index (χ4n) is 3.84. The second-order valence-electron chi connectivity index (χ2n) is 6.58. The fraction of sp³-hybridized carbons (Fsp3) is 0.286. The molecule has 0 radical (unpaired) electrons. The van der Waals surface area contributed by atoms with Crippen molar-refractivity contribution in [2.24, 2.45) is 0 Å². The molecule has 3 nitrogen and oxygen atoms in total. The van der Waals surface area contributed by atoms with E-state index >= 15 is 0 Å². The van der Waals surface area contributed by atoms with Gasteiger partial charge < -0.3 is 9.47 Å². The predicted molar refractivity (Wildman–Crippen MR) is 101 cm³/mol. The number of benzene rings is 1. The summed E-state index contributed by atoms with van der Waals surface area (Å²) in [7, 11) is 0. The van der Waals surface area contributed by atoms with Crippen LogP contribution in [-0.4, -0.2) is 16.1 Å². The summed E-state index contributed by atoms with van der Waals surface area (Å²) in [6.45, 7) is 11.1. The molecule has 4 rings (SSSR count). The van der Waals surface area contributed by atoms with Crippen molar-refractivity contribution in [2.75, 3.05) is 11.4 Å². The first-order chi connectivity index (χ1) is 11.7. The number of allylic oxidation sites excluding steroid dienone is 1. The Bertz CT molecular complexity index is 920. The smallest absolute Gasteiger partial charge is 0.0934 e. The summed E-state index contributed by atoms with van der Waals surface area (Å²) < 4.78 is 2.35. The Morgan fingerprint density at radius 1 is 1.17 bits per heavy atom. The molecule has 0 aliphatic carbocycles. The summed E-state index contributed by atoms with van der Waals surface area (Å²) in [6.07, 6.45) is 5.01. The van der Waals surface area contributed by atoms with Gasteiger partial charge in [0.2, 0.25) is 0 Å². The van der Waals surface area contributed by atoms with Gasteiger partial charge in [-0.15, -0.1) is 6.58 Å².